The monoisotopic (exact) mass is 445 g/mol. The highest BCUT2D eigenvalue weighted by Crippen LogP contribution is 2.39. The van der Waals surface area contributed by atoms with Crippen molar-refractivity contribution in [3.63, 3.8) is 0 Å². The number of aromatic nitrogens is 2. The van der Waals surface area contributed by atoms with Gasteiger partial charge in [-0.15, -0.1) is 0 Å². The average Bonchev–Trinajstić information content (AvgIpc) is 3.59. The summed E-state index contributed by atoms with van der Waals surface area (Å²) in [5.41, 5.74) is 6.84. The fourth-order valence-electron chi connectivity index (χ4n) is 4.46. The van der Waals surface area contributed by atoms with Gasteiger partial charge in [0.25, 0.3) is 5.91 Å². The van der Waals surface area contributed by atoms with Crippen molar-refractivity contribution >= 4 is 17.6 Å². The molecule has 0 radical (unpaired) electrons. The summed E-state index contributed by atoms with van der Waals surface area (Å²) in [5.74, 6) is -0.659. The molecule has 0 bridgehead atoms. The zero-order valence-corrected chi connectivity index (χ0v) is 18.4. The molecule has 2 amide bonds. The van der Waals surface area contributed by atoms with Gasteiger partial charge in [0.15, 0.2) is 5.82 Å². The van der Waals surface area contributed by atoms with Crippen molar-refractivity contribution in [1.29, 1.82) is 10.5 Å². The zero-order valence-electron chi connectivity index (χ0n) is 18.4. The van der Waals surface area contributed by atoms with Gasteiger partial charge in [0.05, 0.1) is 29.7 Å². The number of nitriles is 2. The Bertz CT molecular complexity index is 1130. The number of nitrogens with two attached hydrogens (primary N) is 1. The number of amides is 2. The largest absolute Gasteiger partial charge is 0.365 e. The van der Waals surface area contributed by atoms with E-state index in [2.05, 4.69) is 27.9 Å². The van der Waals surface area contributed by atoms with E-state index in [1.807, 2.05) is 18.2 Å². The molecule has 0 unspecified atom stereocenters. The molecule has 2 saturated carbocycles. The second-order valence-electron chi connectivity index (χ2n) is 8.99. The van der Waals surface area contributed by atoms with Gasteiger partial charge in [0.2, 0.25) is 5.91 Å². The first kappa shape index (κ1) is 22.5. The average molecular weight is 446 g/mol. The molecule has 9 nitrogen and oxygen atoms in total. The standard InChI is InChI=1S/C24H27N7O2/c25-11-10-24(31-15-20(21(27)32)22(30-31)29-23(33)18-4-5-18)8-6-19(7-9-24)28-14-17-3-1-2-16(12-17)13-26/h1-3,12,15,18-19,28H,4-10,14H2,(H2,27,32)(H,29,30,33)/t19-,24+. The first-order chi connectivity index (χ1) is 15.9. The molecule has 0 atom stereocenters. The first-order valence-corrected chi connectivity index (χ1v) is 11.2. The molecule has 4 N–H and O–H groups in total. The molecular formula is C24H27N7O2. The first-order valence-electron chi connectivity index (χ1n) is 11.2. The summed E-state index contributed by atoms with van der Waals surface area (Å²) < 4.78 is 1.67. The molecule has 170 valence electrons. The molecule has 1 aromatic carbocycles. The molecule has 2 fully saturated rings. The van der Waals surface area contributed by atoms with Gasteiger partial charge in [-0.3, -0.25) is 14.3 Å². The minimum Gasteiger partial charge on any atom is -0.365 e. The van der Waals surface area contributed by atoms with Gasteiger partial charge in [-0.1, -0.05) is 12.1 Å². The Morgan fingerprint density at radius 2 is 1.97 bits per heavy atom. The molecule has 2 aliphatic carbocycles. The summed E-state index contributed by atoms with van der Waals surface area (Å²) in [7, 11) is 0. The van der Waals surface area contributed by atoms with E-state index in [1.54, 1.807) is 16.9 Å². The van der Waals surface area contributed by atoms with Crippen LogP contribution in [-0.2, 0) is 16.9 Å². The van der Waals surface area contributed by atoms with Crippen LogP contribution in [0.4, 0.5) is 5.82 Å². The van der Waals surface area contributed by atoms with Crippen LogP contribution in [0.1, 0.15) is 66.4 Å². The van der Waals surface area contributed by atoms with Crippen molar-refractivity contribution in [3.05, 3.63) is 47.2 Å². The Balaban J connectivity index is 1.46. The predicted molar refractivity (Wildman–Crippen MR) is 121 cm³/mol. The predicted octanol–water partition coefficient (Wildman–Crippen LogP) is 2.54. The van der Waals surface area contributed by atoms with Crippen LogP contribution < -0.4 is 16.4 Å². The van der Waals surface area contributed by atoms with Crippen LogP contribution >= 0.6 is 0 Å². The number of anilines is 1. The number of nitrogens with one attached hydrogen (secondary N) is 2. The van der Waals surface area contributed by atoms with Crippen molar-refractivity contribution in [2.24, 2.45) is 11.7 Å². The number of primary amides is 1. The molecule has 4 rings (SSSR count). The van der Waals surface area contributed by atoms with Gasteiger partial charge in [-0.25, -0.2) is 0 Å². The van der Waals surface area contributed by atoms with Crippen molar-refractivity contribution in [3.8, 4) is 12.1 Å². The van der Waals surface area contributed by atoms with E-state index in [9.17, 15) is 14.9 Å². The van der Waals surface area contributed by atoms with Gasteiger partial charge >= 0.3 is 0 Å². The number of hydrogen-bond acceptors (Lipinski definition) is 6. The van der Waals surface area contributed by atoms with Gasteiger partial charge in [-0.2, -0.15) is 15.6 Å². The summed E-state index contributed by atoms with van der Waals surface area (Å²) in [6.07, 6.45) is 6.56. The lowest BCUT2D eigenvalue weighted by Gasteiger charge is -2.39. The Hall–Kier alpha value is -3.69. The number of nitrogens with zero attached hydrogens (tertiary/aromatic N) is 4. The Labute approximate surface area is 192 Å². The maximum absolute atomic E-state index is 12.2. The number of carbonyl (C=O) groups is 2. The van der Waals surface area contributed by atoms with Crippen molar-refractivity contribution < 1.29 is 9.59 Å². The molecular weight excluding hydrogens is 418 g/mol. The molecule has 1 aromatic heterocycles. The van der Waals surface area contributed by atoms with Crippen molar-refractivity contribution in [1.82, 2.24) is 15.1 Å². The van der Waals surface area contributed by atoms with E-state index in [0.29, 0.717) is 24.9 Å². The van der Waals surface area contributed by atoms with Crippen molar-refractivity contribution in [2.45, 2.75) is 63.1 Å². The second kappa shape index (κ2) is 9.43. The highest BCUT2D eigenvalue weighted by molar-refractivity contribution is 6.02. The molecule has 1 heterocycles. The zero-order chi connectivity index (χ0) is 23.4. The Morgan fingerprint density at radius 3 is 2.61 bits per heavy atom. The summed E-state index contributed by atoms with van der Waals surface area (Å²) in [5, 5.41) is 29.4. The van der Waals surface area contributed by atoms with E-state index in [4.69, 9.17) is 11.0 Å². The number of rotatable bonds is 8. The molecule has 2 aliphatic rings. The third kappa shape index (κ3) is 5.05. The number of carbonyl (C=O) groups excluding carboxylic acids is 2. The minimum absolute atomic E-state index is 0.0284. The SMILES string of the molecule is N#CC[C@]1(n2cc(C(N)=O)c(NC(=O)C3CC3)n2)CC[C@@H](NCc2cccc(C#N)c2)CC1. The summed E-state index contributed by atoms with van der Waals surface area (Å²) in [4.78, 5) is 24.2. The summed E-state index contributed by atoms with van der Waals surface area (Å²) in [6.45, 7) is 0.663. The number of hydrogen-bond donors (Lipinski definition) is 3. The second-order valence-corrected chi connectivity index (χ2v) is 8.99. The fourth-order valence-corrected chi connectivity index (χ4v) is 4.46. The maximum atomic E-state index is 12.2. The van der Waals surface area contributed by atoms with Crippen LogP contribution in [0.25, 0.3) is 0 Å². The van der Waals surface area contributed by atoms with Crippen LogP contribution in [0.5, 0.6) is 0 Å². The van der Waals surface area contributed by atoms with E-state index in [0.717, 1.165) is 31.2 Å². The Morgan fingerprint density at radius 1 is 1.21 bits per heavy atom. The highest BCUT2D eigenvalue weighted by Gasteiger charge is 2.39. The highest BCUT2D eigenvalue weighted by atomic mass is 16.2. The quantitative estimate of drug-likeness (QED) is 0.568. The lowest BCUT2D eigenvalue weighted by atomic mass is 9.77. The van der Waals surface area contributed by atoms with E-state index in [1.165, 1.54) is 0 Å². The molecule has 0 saturated heterocycles. The molecule has 9 heteroatoms. The molecule has 2 aromatic rings. The number of benzene rings is 1. The normalized spacial score (nSPS) is 22.2. The van der Waals surface area contributed by atoms with Crippen LogP contribution in [-0.4, -0.2) is 27.6 Å². The smallest absolute Gasteiger partial charge is 0.254 e. The van der Waals surface area contributed by atoms with Crippen LogP contribution in [0, 0.1) is 28.6 Å². The topological polar surface area (TPSA) is 150 Å². The summed E-state index contributed by atoms with van der Waals surface area (Å²) >= 11 is 0. The van der Waals surface area contributed by atoms with Gasteiger partial charge in [0.1, 0.15) is 5.56 Å². The maximum Gasteiger partial charge on any atom is 0.254 e. The van der Waals surface area contributed by atoms with Gasteiger partial charge in [0, 0.05) is 24.7 Å². The summed E-state index contributed by atoms with van der Waals surface area (Å²) in [6, 6.07) is 12.2. The van der Waals surface area contributed by atoms with E-state index >= 15 is 0 Å². The molecule has 0 aliphatic heterocycles. The van der Waals surface area contributed by atoms with Crippen LogP contribution in [0.3, 0.4) is 0 Å². The minimum atomic E-state index is -0.658. The molecule has 0 spiro atoms. The third-order valence-electron chi connectivity index (χ3n) is 6.63. The fraction of sp³-hybridized carbons (Fsp3) is 0.458. The van der Waals surface area contributed by atoms with Crippen LogP contribution in [0.2, 0.25) is 0 Å². The van der Waals surface area contributed by atoms with Crippen molar-refractivity contribution in [2.75, 3.05) is 5.32 Å². The van der Waals surface area contributed by atoms with E-state index < -0.39 is 11.4 Å². The lowest BCUT2D eigenvalue weighted by molar-refractivity contribution is -0.117. The van der Waals surface area contributed by atoms with Gasteiger partial charge < -0.3 is 16.4 Å². The lowest BCUT2D eigenvalue weighted by Crippen LogP contribution is -2.43. The molecule has 33 heavy (non-hydrogen) atoms. The van der Waals surface area contributed by atoms with Crippen LogP contribution in [0.15, 0.2) is 30.5 Å². The third-order valence-corrected chi connectivity index (χ3v) is 6.63. The van der Waals surface area contributed by atoms with Gasteiger partial charge in [-0.05, 0) is 56.2 Å². The Kier molecular flexibility index (Phi) is 6.43. The van der Waals surface area contributed by atoms with E-state index in [-0.39, 0.29) is 35.7 Å².